The number of nitrogens with zero attached hydrogens (tertiary/aromatic N) is 4. The Morgan fingerprint density at radius 1 is 0.944 bits per heavy atom. The van der Waals surface area contributed by atoms with E-state index in [1.807, 2.05) is 13.0 Å². The van der Waals surface area contributed by atoms with Gasteiger partial charge in [-0.05, 0) is 36.4 Å². The van der Waals surface area contributed by atoms with Crippen molar-refractivity contribution in [2.24, 2.45) is 0 Å². The van der Waals surface area contributed by atoms with Crippen LogP contribution in [0.15, 0.2) is 67.1 Å². The van der Waals surface area contributed by atoms with E-state index in [-0.39, 0.29) is 11.6 Å². The summed E-state index contributed by atoms with van der Waals surface area (Å²) in [4.78, 5) is 16.5. The number of rotatable bonds is 6. The van der Waals surface area contributed by atoms with Gasteiger partial charge in [-0.1, -0.05) is 25.1 Å². The molecule has 4 aromatic heterocycles. The van der Waals surface area contributed by atoms with Gasteiger partial charge in [0, 0.05) is 58.8 Å². The van der Waals surface area contributed by atoms with E-state index >= 15 is 4.39 Å². The fraction of sp³-hybridized carbons (Fsp3) is 0.111. The van der Waals surface area contributed by atoms with Gasteiger partial charge in [-0.25, -0.2) is 18.7 Å². The number of imidazole rings is 1. The van der Waals surface area contributed by atoms with E-state index in [1.54, 1.807) is 48.9 Å². The average Bonchev–Trinajstić information content (AvgIpc) is 3.51. The zero-order valence-corrected chi connectivity index (χ0v) is 19.3. The van der Waals surface area contributed by atoms with Crippen LogP contribution in [0.1, 0.15) is 12.5 Å². The summed E-state index contributed by atoms with van der Waals surface area (Å²) >= 11 is 0. The second-order valence-corrected chi connectivity index (χ2v) is 8.43. The molecule has 2 aromatic carbocycles. The number of hydrogen-bond donors (Lipinski definition) is 3. The van der Waals surface area contributed by atoms with Gasteiger partial charge in [0.15, 0.2) is 11.5 Å². The fourth-order valence-electron chi connectivity index (χ4n) is 4.37. The molecule has 0 saturated carbocycles. The van der Waals surface area contributed by atoms with Gasteiger partial charge in [-0.2, -0.15) is 5.10 Å². The minimum atomic E-state index is -0.381. The molecule has 0 aliphatic heterocycles. The minimum Gasteiger partial charge on any atom is -0.335 e. The SMILES string of the molecule is CCNCc1cncc(-c2cc3c(-c4nc5nccc(-c6ccccc6F)c5[nH]4)n[nH]c3cc2F)c1. The first kappa shape index (κ1) is 22.0. The molecule has 6 rings (SSSR count). The Kier molecular flexibility index (Phi) is 5.46. The molecule has 7 nitrogen and oxygen atoms in total. The van der Waals surface area contributed by atoms with Gasteiger partial charge in [-0.3, -0.25) is 10.1 Å². The number of nitrogens with one attached hydrogen (secondary N) is 3. The lowest BCUT2D eigenvalue weighted by atomic mass is 10.0. The van der Waals surface area contributed by atoms with Crippen LogP contribution >= 0.6 is 0 Å². The zero-order chi connectivity index (χ0) is 24.6. The topological polar surface area (TPSA) is 95.2 Å². The van der Waals surface area contributed by atoms with Crippen LogP contribution in [0.3, 0.4) is 0 Å². The molecule has 0 spiro atoms. The molecule has 0 aliphatic carbocycles. The highest BCUT2D eigenvalue weighted by atomic mass is 19.1. The molecule has 36 heavy (non-hydrogen) atoms. The third-order valence-corrected chi connectivity index (χ3v) is 6.12. The summed E-state index contributed by atoms with van der Waals surface area (Å²) in [6.07, 6.45) is 5.00. The molecule has 3 N–H and O–H groups in total. The van der Waals surface area contributed by atoms with E-state index in [2.05, 4.69) is 35.5 Å². The minimum absolute atomic E-state index is 0.337. The van der Waals surface area contributed by atoms with Crippen molar-refractivity contribution in [3.05, 3.63) is 84.3 Å². The number of hydrogen-bond acceptors (Lipinski definition) is 5. The molecule has 0 fully saturated rings. The number of halogens is 2. The normalized spacial score (nSPS) is 11.5. The number of H-pyrrole nitrogens is 2. The lowest BCUT2D eigenvalue weighted by Gasteiger charge is -2.07. The Balaban J connectivity index is 1.47. The smallest absolute Gasteiger partial charge is 0.178 e. The van der Waals surface area contributed by atoms with Crippen molar-refractivity contribution in [2.45, 2.75) is 13.5 Å². The average molecular weight is 482 g/mol. The Hall–Kier alpha value is -4.50. The molecular weight excluding hydrogens is 460 g/mol. The van der Waals surface area contributed by atoms with E-state index in [9.17, 15) is 4.39 Å². The third-order valence-electron chi connectivity index (χ3n) is 6.12. The van der Waals surface area contributed by atoms with E-state index in [4.69, 9.17) is 0 Å². The van der Waals surface area contributed by atoms with Crippen molar-refractivity contribution in [3.63, 3.8) is 0 Å². The maximum Gasteiger partial charge on any atom is 0.178 e. The summed E-state index contributed by atoms with van der Waals surface area (Å²) in [5, 5.41) is 11.2. The molecule has 0 bridgehead atoms. The molecule has 0 unspecified atom stereocenters. The second kappa shape index (κ2) is 8.94. The maximum atomic E-state index is 15.1. The summed E-state index contributed by atoms with van der Waals surface area (Å²) < 4.78 is 29.6. The summed E-state index contributed by atoms with van der Waals surface area (Å²) in [5.41, 5.74) is 5.22. The number of aromatic nitrogens is 6. The number of aromatic amines is 2. The largest absolute Gasteiger partial charge is 0.335 e. The van der Waals surface area contributed by atoms with Gasteiger partial charge in [0.25, 0.3) is 0 Å². The van der Waals surface area contributed by atoms with Crippen LogP contribution in [0.25, 0.3) is 55.8 Å². The number of pyridine rings is 2. The van der Waals surface area contributed by atoms with E-state index in [0.29, 0.717) is 62.4 Å². The Morgan fingerprint density at radius 3 is 2.69 bits per heavy atom. The molecule has 0 aliphatic rings. The van der Waals surface area contributed by atoms with Gasteiger partial charge in [0.1, 0.15) is 17.3 Å². The van der Waals surface area contributed by atoms with Crippen LogP contribution in [-0.2, 0) is 6.54 Å². The van der Waals surface area contributed by atoms with E-state index in [1.165, 1.54) is 12.1 Å². The van der Waals surface area contributed by atoms with Crippen LogP contribution in [0, 0.1) is 11.6 Å². The highest BCUT2D eigenvalue weighted by Gasteiger charge is 2.19. The molecule has 4 heterocycles. The van der Waals surface area contributed by atoms with Gasteiger partial charge in [-0.15, -0.1) is 0 Å². The van der Waals surface area contributed by atoms with Crippen molar-refractivity contribution >= 4 is 22.1 Å². The van der Waals surface area contributed by atoms with Crippen molar-refractivity contribution in [2.75, 3.05) is 6.54 Å². The molecule has 0 amide bonds. The van der Waals surface area contributed by atoms with Crippen LogP contribution < -0.4 is 5.32 Å². The molecule has 178 valence electrons. The predicted octanol–water partition coefficient (Wildman–Crippen LogP) is 5.62. The first-order valence-corrected chi connectivity index (χ1v) is 11.5. The van der Waals surface area contributed by atoms with Gasteiger partial charge in [0.05, 0.1) is 11.0 Å². The van der Waals surface area contributed by atoms with Crippen molar-refractivity contribution in [3.8, 4) is 33.8 Å². The molecule has 0 atom stereocenters. The maximum absolute atomic E-state index is 15.1. The summed E-state index contributed by atoms with van der Waals surface area (Å²) in [6.45, 7) is 3.50. The quantitative estimate of drug-likeness (QED) is 0.287. The summed E-state index contributed by atoms with van der Waals surface area (Å²) in [7, 11) is 0. The summed E-state index contributed by atoms with van der Waals surface area (Å²) in [5.74, 6) is -0.270. The lowest BCUT2D eigenvalue weighted by Crippen LogP contribution is -2.11. The summed E-state index contributed by atoms with van der Waals surface area (Å²) in [6, 6.07) is 13.4. The first-order valence-electron chi connectivity index (χ1n) is 11.5. The van der Waals surface area contributed by atoms with Gasteiger partial charge >= 0.3 is 0 Å². The Morgan fingerprint density at radius 2 is 1.83 bits per heavy atom. The van der Waals surface area contributed by atoms with Gasteiger partial charge in [0.2, 0.25) is 0 Å². The molecule has 0 radical (unpaired) electrons. The highest BCUT2D eigenvalue weighted by molar-refractivity contribution is 5.97. The zero-order valence-electron chi connectivity index (χ0n) is 19.3. The number of benzene rings is 2. The van der Waals surface area contributed by atoms with Crippen LogP contribution in [-0.4, -0.2) is 36.7 Å². The second-order valence-electron chi connectivity index (χ2n) is 8.43. The van der Waals surface area contributed by atoms with Crippen LogP contribution in [0.5, 0.6) is 0 Å². The molecule has 0 saturated heterocycles. The molecule has 6 aromatic rings. The fourth-order valence-corrected chi connectivity index (χ4v) is 4.37. The van der Waals surface area contributed by atoms with Crippen molar-refractivity contribution < 1.29 is 8.78 Å². The first-order chi connectivity index (χ1) is 17.6. The van der Waals surface area contributed by atoms with E-state index in [0.717, 1.165) is 12.1 Å². The van der Waals surface area contributed by atoms with E-state index < -0.39 is 0 Å². The number of fused-ring (bicyclic) bond motifs is 2. The Labute approximate surface area is 204 Å². The standard InChI is InChI=1S/C27H21F2N7/c1-2-30-12-15-9-16(14-31-13-15)19-10-20-23(11-22(19)29)35-36-25(20)27-33-24-18(7-8-32-26(24)34-27)17-5-3-4-6-21(17)28/h3-11,13-14,30H,2,12H2,1H3,(H,35,36)(H,32,33,34). The molecule has 9 heteroatoms. The predicted molar refractivity (Wildman–Crippen MR) is 135 cm³/mol. The Bertz CT molecular complexity index is 1720. The van der Waals surface area contributed by atoms with Crippen molar-refractivity contribution in [1.82, 2.24) is 35.5 Å². The third kappa shape index (κ3) is 3.79. The monoisotopic (exact) mass is 481 g/mol. The lowest BCUT2D eigenvalue weighted by molar-refractivity contribution is 0.631. The van der Waals surface area contributed by atoms with Crippen LogP contribution in [0.2, 0.25) is 0 Å². The molecular formula is C27H21F2N7. The van der Waals surface area contributed by atoms with Gasteiger partial charge < -0.3 is 10.3 Å². The van der Waals surface area contributed by atoms with Crippen molar-refractivity contribution in [1.29, 1.82) is 0 Å². The van der Waals surface area contributed by atoms with Crippen LogP contribution in [0.4, 0.5) is 8.78 Å². The highest BCUT2D eigenvalue weighted by Crippen LogP contribution is 2.34.